The zero-order valence-corrected chi connectivity index (χ0v) is 22.8. The lowest BCUT2D eigenvalue weighted by atomic mass is 9.96. The highest BCUT2D eigenvalue weighted by molar-refractivity contribution is 6.04. The van der Waals surface area contributed by atoms with Crippen molar-refractivity contribution in [3.63, 3.8) is 0 Å². The van der Waals surface area contributed by atoms with E-state index in [1.807, 2.05) is 0 Å². The number of alkyl halides is 1. The summed E-state index contributed by atoms with van der Waals surface area (Å²) in [6.45, 7) is 5.69. The van der Waals surface area contributed by atoms with Gasteiger partial charge in [0.15, 0.2) is 11.5 Å². The average molecular weight is 571 g/mol. The molecular weight excluding hydrogens is 542 g/mol. The zero-order valence-electron chi connectivity index (χ0n) is 22.8. The molecule has 4 aromatic rings. The van der Waals surface area contributed by atoms with Crippen LogP contribution in [-0.4, -0.2) is 50.7 Å². The number of aromatic nitrogens is 2. The number of nitrogens with one attached hydrogen (secondary N) is 2. The van der Waals surface area contributed by atoms with Gasteiger partial charge in [-0.05, 0) is 36.2 Å². The summed E-state index contributed by atoms with van der Waals surface area (Å²) in [5.41, 5.74) is 7.45. The van der Waals surface area contributed by atoms with Gasteiger partial charge in [0.25, 0.3) is 5.91 Å². The van der Waals surface area contributed by atoms with Crippen LogP contribution in [0.1, 0.15) is 29.4 Å². The number of amides is 3. The van der Waals surface area contributed by atoms with Crippen molar-refractivity contribution in [3.05, 3.63) is 90.0 Å². The molecule has 3 heterocycles. The minimum absolute atomic E-state index is 0.0553. The number of hydrogen-bond donors (Lipinski definition) is 3. The molecule has 214 valence electrons. The number of nitrogens with two attached hydrogens (primary N) is 1. The zero-order chi connectivity index (χ0) is 29.8. The molecule has 11 heteroatoms. The van der Waals surface area contributed by atoms with Gasteiger partial charge in [-0.3, -0.25) is 19.1 Å². The molecule has 0 radical (unpaired) electrons. The predicted octanol–water partition coefficient (Wildman–Crippen LogP) is 4.39. The third kappa shape index (κ3) is 4.56. The van der Waals surface area contributed by atoms with Crippen molar-refractivity contribution in [2.24, 2.45) is 5.73 Å². The van der Waals surface area contributed by atoms with Crippen LogP contribution in [0.15, 0.2) is 72.9 Å². The molecule has 4 N–H and O–H groups in total. The summed E-state index contributed by atoms with van der Waals surface area (Å²) in [4.78, 5) is 38.9. The van der Waals surface area contributed by atoms with Crippen LogP contribution in [-0.2, 0) is 22.6 Å². The van der Waals surface area contributed by atoms with E-state index < -0.39 is 29.3 Å². The Morgan fingerprint density at radius 1 is 1.19 bits per heavy atom. The molecule has 2 aliphatic heterocycles. The Labute approximate surface area is 240 Å². The van der Waals surface area contributed by atoms with Crippen molar-refractivity contribution in [2.45, 2.75) is 38.0 Å². The number of para-hydroxylation sites is 1. The molecule has 0 bridgehead atoms. The van der Waals surface area contributed by atoms with Crippen LogP contribution in [0, 0.1) is 5.82 Å². The van der Waals surface area contributed by atoms with Crippen LogP contribution in [0.3, 0.4) is 0 Å². The summed E-state index contributed by atoms with van der Waals surface area (Å²) in [7, 11) is 0. The number of halogens is 2. The third-order valence-electron chi connectivity index (χ3n) is 7.98. The maximum atomic E-state index is 15.7. The number of fused-ring (bicyclic) bond motifs is 2. The Balaban J connectivity index is 1.25. The lowest BCUT2D eigenvalue weighted by molar-refractivity contribution is -0.124. The Morgan fingerprint density at radius 2 is 1.98 bits per heavy atom. The van der Waals surface area contributed by atoms with E-state index in [4.69, 9.17) is 5.73 Å². The number of carbonyl (C=O) groups is 3. The second-order valence-corrected chi connectivity index (χ2v) is 10.9. The smallest absolute Gasteiger partial charge is 0.269 e. The first-order valence-electron chi connectivity index (χ1n) is 13.4. The molecular formula is C31H28F2N6O3. The Hall–Kier alpha value is -5.06. The summed E-state index contributed by atoms with van der Waals surface area (Å²) in [5, 5.41) is 10.3. The normalized spacial score (nSPS) is 19.5. The van der Waals surface area contributed by atoms with Crippen LogP contribution >= 0.6 is 0 Å². The largest absolute Gasteiger partial charge is 0.364 e. The van der Waals surface area contributed by atoms with Gasteiger partial charge in [0.2, 0.25) is 11.8 Å². The van der Waals surface area contributed by atoms with E-state index in [9.17, 15) is 18.8 Å². The highest BCUT2D eigenvalue weighted by Crippen LogP contribution is 2.37. The van der Waals surface area contributed by atoms with Crippen molar-refractivity contribution >= 4 is 40.0 Å². The summed E-state index contributed by atoms with van der Waals surface area (Å²) >= 11 is 0. The highest BCUT2D eigenvalue weighted by atomic mass is 19.1. The number of allylic oxidation sites excluding steroid dienone is 1. The number of likely N-dealkylation sites (tertiary alicyclic amines) is 1. The molecule has 0 aliphatic carbocycles. The Bertz CT molecular complexity index is 1800. The molecule has 1 saturated heterocycles. The summed E-state index contributed by atoms with van der Waals surface area (Å²) in [6.07, 6.45) is -1.19. The monoisotopic (exact) mass is 570 g/mol. The van der Waals surface area contributed by atoms with Crippen LogP contribution in [0.5, 0.6) is 0 Å². The SMILES string of the molecule is C=C(Cn1nc(C(N)=O)c2ccccc21)N1C[C@H](F)C[C@@]1(C)C(=O)Nc1cccc(-c2ccc3c(c2)NC(=O)C3)c1F. The summed E-state index contributed by atoms with van der Waals surface area (Å²) < 4.78 is 32.2. The quantitative estimate of drug-likeness (QED) is 0.304. The average Bonchev–Trinajstić information content (AvgIpc) is 3.61. The molecule has 0 saturated carbocycles. The molecule has 3 amide bonds. The molecule has 3 aromatic carbocycles. The van der Waals surface area contributed by atoms with E-state index in [0.717, 1.165) is 5.56 Å². The first kappa shape index (κ1) is 27.1. The van der Waals surface area contributed by atoms with Gasteiger partial charge < -0.3 is 21.3 Å². The van der Waals surface area contributed by atoms with E-state index in [0.29, 0.717) is 27.9 Å². The van der Waals surface area contributed by atoms with Gasteiger partial charge in [-0.15, -0.1) is 0 Å². The lowest BCUT2D eigenvalue weighted by Crippen LogP contribution is -2.50. The molecule has 6 rings (SSSR count). The van der Waals surface area contributed by atoms with Gasteiger partial charge in [0, 0.05) is 28.8 Å². The minimum atomic E-state index is -1.38. The number of hydrogen-bond acceptors (Lipinski definition) is 5. The molecule has 42 heavy (non-hydrogen) atoms. The fraction of sp³-hybridized carbons (Fsp3) is 0.226. The number of primary amides is 1. The predicted molar refractivity (Wildman–Crippen MR) is 155 cm³/mol. The molecule has 1 fully saturated rings. The number of nitrogens with zero attached hydrogens (tertiary/aromatic N) is 3. The van der Waals surface area contributed by atoms with Gasteiger partial charge in [0.05, 0.1) is 30.7 Å². The fourth-order valence-electron chi connectivity index (χ4n) is 5.88. The number of rotatable bonds is 7. The second-order valence-electron chi connectivity index (χ2n) is 10.9. The fourth-order valence-corrected chi connectivity index (χ4v) is 5.88. The van der Waals surface area contributed by atoms with Crippen LogP contribution in [0.4, 0.5) is 20.2 Å². The maximum Gasteiger partial charge on any atom is 0.269 e. The Kier molecular flexibility index (Phi) is 6.52. The first-order chi connectivity index (χ1) is 20.0. The van der Waals surface area contributed by atoms with E-state index in [-0.39, 0.29) is 48.8 Å². The summed E-state index contributed by atoms with van der Waals surface area (Å²) in [6, 6.07) is 16.9. The lowest BCUT2D eigenvalue weighted by Gasteiger charge is -2.36. The topological polar surface area (TPSA) is 122 Å². The van der Waals surface area contributed by atoms with E-state index in [2.05, 4.69) is 22.3 Å². The molecule has 2 atom stereocenters. The van der Waals surface area contributed by atoms with Crippen LogP contribution < -0.4 is 16.4 Å². The van der Waals surface area contributed by atoms with Gasteiger partial charge in [-0.2, -0.15) is 5.10 Å². The molecule has 9 nitrogen and oxygen atoms in total. The number of anilines is 2. The van der Waals surface area contributed by atoms with Gasteiger partial charge >= 0.3 is 0 Å². The van der Waals surface area contributed by atoms with Crippen molar-refractivity contribution < 1.29 is 23.2 Å². The van der Waals surface area contributed by atoms with E-state index >= 15 is 4.39 Å². The second kappa shape index (κ2) is 10.1. The number of carbonyl (C=O) groups excluding carboxylic acids is 3. The standard InChI is InChI=1S/C31H28F2N6O3/c1-17(15-39-25-9-4-3-6-22(25)28(37-39)29(34)41)38-16-20(32)14-31(38,2)30(42)36-23-8-5-7-21(27(23)33)18-10-11-19-13-26(40)35-24(19)12-18/h3-12,20H,1,13-16H2,2H3,(H2,34,41)(H,35,40)(H,36,42)/t20-,31+/m1/s1. The van der Waals surface area contributed by atoms with Crippen LogP contribution in [0.2, 0.25) is 0 Å². The van der Waals surface area contributed by atoms with Gasteiger partial charge in [0.1, 0.15) is 11.7 Å². The highest BCUT2D eigenvalue weighted by Gasteiger charge is 2.48. The molecule has 0 unspecified atom stereocenters. The molecule has 2 aliphatic rings. The van der Waals surface area contributed by atoms with Crippen molar-refractivity contribution in [1.82, 2.24) is 14.7 Å². The van der Waals surface area contributed by atoms with Gasteiger partial charge in [-0.1, -0.05) is 49.0 Å². The molecule has 1 aromatic heterocycles. The summed E-state index contributed by atoms with van der Waals surface area (Å²) in [5.74, 6) is -2.05. The van der Waals surface area contributed by atoms with E-state index in [1.54, 1.807) is 71.1 Å². The Morgan fingerprint density at radius 3 is 2.76 bits per heavy atom. The van der Waals surface area contributed by atoms with Crippen LogP contribution in [0.25, 0.3) is 22.0 Å². The maximum absolute atomic E-state index is 15.7. The van der Waals surface area contributed by atoms with Gasteiger partial charge in [-0.25, -0.2) is 8.78 Å². The molecule has 0 spiro atoms. The minimum Gasteiger partial charge on any atom is -0.364 e. The first-order valence-corrected chi connectivity index (χ1v) is 13.4. The third-order valence-corrected chi connectivity index (χ3v) is 7.98. The number of benzene rings is 3. The van der Waals surface area contributed by atoms with E-state index in [1.165, 1.54) is 6.07 Å². The van der Waals surface area contributed by atoms with Crippen molar-refractivity contribution in [1.29, 1.82) is 0 Å². The van der Waals surface area contributed by atoms with Crippen molar-refractivity contribution in [3.8, 4) is 11.1 Å². The van der Waals surface area contributed by atoms with Crippen molar-refractivity contribution in [2.75, 3.05) is 17.2 Å².